The molecule has 0 amide bonds. The molecule has 0 aliphatic heterocycles. The number of ether oxygens (including phenoxy) is 1. The van der Waals surface area contributed by atoms with Crippen LogP contribution in [0.15, 0.2) is 35.2 Å². The highest BCUT2D eigenvalue weighted by Gasteiger charge is 2.10. The highest BCUT2D eigenvalue weighted by Crippen LogP contribution is 2.24. The van der Waals surface area contributed by atoms with Crippen LogP contribution in [0.1, 0.15) is 6.92 Å². The van der Waals surface area contributed by atoms with Crippen molar-refractivity contribution in [3.8, 4) is 0 Å². The highest BCUT2D eigenvalue weighted by atomic mass is 32.2. The fourth-order valence-corrected chi connectivity index (χ4v) is 1.89. The van der Waals surface area contributed by atoms with E-state index in [1.54, 1.807) is 6.92 Å². The quantitative estimate of drug-likeness (QED) is 0.461. The Balaban J connectivity index is 2.58. The average Bonchev–Trinajstić information content (AvgIpc) is 2.30. The molecule has 1 aromatic rings. The van der Waals surface area contributed by atoms with E-state index in [-0.39, 0.29) is 22.8 Å². The fraction of sp³-hybridized carbons (Fsp3) is 0.250. The zero-order chi connectivity index (χ0) is 12.8. The molecule has 0 fully saturated rings. The third-order valence-corrected chi connectivity index (χ3v) is 2.98. The zero-order valence-corrected chi connectivity index (χ0v) is 10.2. The Hall–Kier alpha value is -1.36. The van der Waals surface area contributed by atoms with E-state index in [4.69, 9.17) is 4.74 Å². The summed E-state index contributed by atoms with van der Waals surface area (Å²) in [6.07, 6.45) is 0. The normalized spacial score (nSPS) is 10.1. The molecule has 92 valence electrons. The molecule has 0 saturated heterocycles. The monoisotopic (exact) mass is 258 g/mol. The van der Waals surface area contributed by atoms with Gasteiger partial charge in [0.1, 0.15) is 11.6 Å². The van der Waals surface area contributed by atoms with Gasteiger partial charge in [0, 0.05) is 16.2 Å². The van der Waals surface area contributed by atoms with Gasteiger partial charge in [-0.15, -0.1) is 11.8 Å². The third kappa shape index (κ3) is 4.19. The first-order valence-electron chi connectivity index (χ1n) is 4.97. The molecule has 0 radical (unpaired) electrons. The second-order valence-corrected chi connectivity index (χ2v) is 4.20. The standard InChI is InChI=1S/C12H12F2O2S/c1-3-16-12(15)8(2)7-17-11-6-9(13)4-5-10(11)14/h4-6H,2-3,7H2,1H3. The Morgan fingerprint density at radius 2 is 2.18 bits per heavy atom. The number of halogens is 2. The summed E-state index contributed by atoms with van der Waals surface area (Å²) in [7, 11) is 0. The first-order chi connectivity index (χ1) is 8.04. The maximum Gasteiger partial charge on any atom is 0.334 e. The molecule has 1 rings (SSSR count). The molecule has 0 unspecified atom stereocenters. The second kappa shape index (κ2) is 6.39. The summed E-state index contributed by atoms with van der Waals surface area (Å²) < 4.78 is 30.8. The highest BCUT2D eigenvalue weighted by molar-refractivity contribution is 7.99. The molecule has 0 aliphatic rings. The van der Waals surface area contributed by atoms with Gasteiger partial charge in [0.15, 0.2) is 0 Å². The van der Waals surface area contributed by atoms with Crippen molar-refractivity contribution in [3.63, 3.8) is 0 Å². The summed E-state index contributed by atoms with van der Waals surface area (Å²) in [6.45, 7) is 5.47. The predicted octanol–water partition coefficient (Wildman–Crippen LogP) is 3.18. The van der Waals surface area contributed by atoms with Gasteiger partial charge in [0.2, 0.25) is 0 Å². The molecular formula is C12H12F2O2S. The SMILES string of the molecule is C=C(CSc1cc(F)ccc1F)C(=O)OCC. The lowest BCUT2D eigenvalue weighted by Crippen LogP contribution is -2.08. The van der Waals surface area contributed by atoms with Crippen molar-refractivity contribution < 1.29 is 18.3 Å². The molecule has 0 saturated carbocycles. The smallest absolute Gasteiger partial charge is 0.334 e. The minimum Gasteiger partial charge on any atom is -0.463 e. The average molecular weight is 258 g/mol. The maximum absolute atomic E-state index is 13.2. The lowest BCUT2D eigenvalue weighted by molar-refractivity contribution is -0.138. The van der Waals surface area contributed by atoms with Crippen LogP contribution in [0.4, 0.5) is 8.78 Å². The van der Waals surface area contributed by atoms with Crippen molar-refractivity contribution in [1.29, 1.82) is 0 Å². The predicted molar refractivity (Wildman–Crippen MR) is 62.9 cm³/mol. The lowest BCUT2D eigenvalue weighted by Gasteiger charge is -2.06. The number of carbonyl (C=O) groups is 1. The minimum absolute atomic E-state index is 0.149. The van der Waals surface area contributed by atoms with Gasteiger partial charge in [-0.05, 0) is 25.1 Å². The maximum atomic E-state index is 13.2. The van der Waals surface area contributed by atoms with E-state index in [0.717, 1.165) is 30.0 Å². The Kier molecular flexibility index (Phi) is 5.15. The van der Waals surface area contributed by atoms with E-state index in [1.807, 2.05) is 0 Å². The third-order valence-electron chi connectivity index (χ3n) is 1.86. The fourth-order valence-electron chi connectivity index (χ4n) is 1.04. The Bertz CT molecular complexity index is 433. The molecule has 0 atom stereocenters. The summed E-state index contributed by atoms with van der Waals surface area (Å²) >= 11 is 1.01. The van der Waals surface area contributed by atoms with Crippen LogP contribution in [0.5, 0.6) is 0 Å². The van der Waals surface area contributed by atoms with Gasteiger partial charge in [-0.1, -0.05) is 6.58 Å². The van der Waals surface area contributed by atoms with Gasteiger partial charge < -0.3 is 4.74 Å². The van der Waals surface area contributed by atoms with Gasteiger partial charge in [-0.3, -0.25) is 0 Å². The van der Waals surface area contributed by atoms with Crippen molar-refractivity contribution in [1.82, 2.24) is 0 Å². The van der Waals surface area contributed by atoms with Gasteiger partial charge >= 0.3 is 5.97 Å². The van der Waals surface area contributed by atoms with Crippen molar-refractivity contribution in [2.75, 3.05) is 12.4 Å². The largest absolute Gasteiger partial charge is 0.463 e. The lowest BCUT2D eigenvalue weighted by atomic mass is 10.3. The number of hydrogen-bond donors (Lipinski definition) is 0. The number of thioether (sulfide) groups is 1. The van der Waals surface area contributed by atoms with Crippen LogP contribution in [0, 0.1) is 11.6 Å². The summed E-state index contributed by atoms with van der Waals surface area (Å²) in [6, 6.07) is 3.17. The first kappa shape index (κ1) is 13.7. The molecule has 17 heavy (non-hydrogen) atoms. The molecule has 0 N–H and O–H groups in total. The van der Waals surface area contributed by atoms with Crippen LogP contribution < -0.4 is 0 Å². The molecule has 1 aromatic carbocycles. The number of carbonyl (C=O) groups excluding carboxylic acids is 1. The van der Waals surface area contributed by atoms with E-state index in [1.165, 1.54) is 0 Å². The Morgan fingerprint density at radius 3 is 2.82 bits per heavy atom. The van der Waals surface area contributed by atoms with E-state index in [2.05, 4.69) is 6.58 Å². The molecule has 2 nitrogen and oxygen atoms in total. The summed E-state index contributed by atoms with van der Waals surface area (Å²) in [5.74, 6) is -1.39. The Labute approximate surface area is 103 Å². The van der Waals surface area contributed by atoms with E-state index >= 15 is 0 Å². The van der Waals surface area contributed by atoms with E-state index < -0.39 is 17.6 Å². The second-order valence-electron chi connectivity index (χ2n) is 3.19. The molecule has 0 aliphatic carbocycles. The number of rotatable bonds is 5. The zero-order valence-electron chi connectivity index (χ0n) is 9.33. The summed E-state index contributed by atoms with van der Waals surface area (Å²) in [5, 5.41) is 0. The van der Waals surface area contributed by atoms with Crippen LogP contribution in [0.2, 0.25) is 0 Å². The minimum atomic E-state index is -0.520. The van der Waals surface area contributed by atoms with Crippen LogP contribution in [0.3, 0.4) is 0 Å². The molecule has 0 spiro atoms. The van der Waals surface area contributed by atoms with Crippen LogP contribution >= 0.6 is 11.8 Å². The van der Waals surface area contributed by atoms with Crippen molar-refractivity contribution in [3.05, 3.63) is 42.0 Å². The topological polar surface area (TPSA) is 26.3 Å². The van der Waals surface area contributed by atoms with E-state index in [9.17, 15) is 13.6 Å². The molecule has 0 bridgehead atoms. The van der Waals surface area contributed by atoms with Crippen LogP contribution in [0.25, 0.3) is 0 Å². The number of benzene rings is 1. The first-order valence-corrected chi connectivity index (χ1v) is 5.96. The number of hydrogen-bond acceptors (Lipinski definition) is 3. The molecule has 0 aromatic heterocycles. The van der Waals surface area contributed by atoms with Crippen LogP contribution in [-0.2, 0) is 9.53 Å². The summed E-state index contributed by atoms with van der Waals surface area (Å²) in [5.41, 5.74) is 0.223. The Morgan fingerprint density at radius 1 is 1.47 bits per heavy atom. The van der Waals surface area contributed by atoms with Gasteiger partial charge in [-0.25, -0.2) is 13.6 Å². The van der Waals surface area contributed by atoms with E-state index in [0.29, 0.717) is 0 Å². The van der Waals surface area contributed by atoms with Crippen molar-refractivity contribution in [2.45, 2.75) is 11.8 Å². The molecule has 0 heterocycles. The van der Waals surface area contributed by atoms with Crippen molar-refractivity contribution in [2.24, 2.45) is 0 Å². The van der Waals surface area contributed by atoms with Crippen molar-refractivity contribution >= 4 is 17.7 Å². The van der Waals surface area contributed by atoms with Gasteiger partial charge in [-0.2, -0.15) is 0 Å². The van der Waals surface area contributed by atoms with Gasteiger partial charge in [0.05, 0.1) is 6.61 Å². The van der Waals surface area contributed by atoms with Gasteiger partial charge in [0.25, 0.3) is 0 Å². The molecular weight excluding hydrogens is 246 g/mol. The van der Waals surface area contributed by atoms with Crippen LogP contribution in [-0.4, -0.2) is 18.3 Å². The summed E-state index contributed by atoms with van der Waals surface area (Å²) in [4.78, 5) is 11.4. The number of esters is 1. The molecule has 5 heteroatoms.